The average molecular weight is 336 g/mol. The summed E-state index contributed by atoms with van der Waals surface area (Å²) in [5.41, 5.74) is 3.98. The van der Waals surface area contributed by atoms with E-state index >= 15 is 0 Å². The Kier molecular flexibility index (Phi) is 5.17. The van der Waals surface area contributed by atoms with Crippen LogP contribution in [-0.2, 0) is 11.3 Å². The molecule has 130 valence electrons. The monoisotopic (exact) mass is 336 g/mol. The zero-order valence-corrected chi connectivity index (χ0v) is 14.8. The zero-order chi connectivity index (χ0) is 17.8. The number of hydrogen-bond donors (Lipinski definition) is 1. The first-order valence-corrected chi connectivity index (χ1v) is 8.77. The number of likely N-dealkylation sites (tertiary alicyclic amines) is 1. The van der Waals surface area contributed by atoms with Crippen LogP contribution in [-0.4, -0.2) is 23.3 Å². The van der Waals surface area contributed by atoms with Crippen molar-refractivity contribution in [3.8, 4) is 0 Å². The Morgan fingerprint density at radius 1 is 1.16 bits per heavy atom. The topological polar surface area (TPSA) is 49.4 Å². The molecule has 1 saturated heterocycles. The second-order valence-corrected chi connectivity index (χ2v) is 6.67. The van der Waals surface area contributed by atoms with E-state index in [2.05, 4.69) is 5.32 Å². The number of nitrogens with zero attached hydrogens (tertiary/aromatic N) is 1. The predicted molar refractivity (Wildman–Crippen MR) is 98.2 cm³/mol. The van der Waals surface area contributed by atoms with Crippen LogP contribution in [0.3, 0.4) is 0 Å². The summed E-state index contributed by atoms with van der Waals surface area (Å²) in [6.07, 6.45) is 1.59. The van der Waals surface area contributed by atoms with E-state index in [0.29, 0.717) is 18.5 Å². The van der Waals surface area contributed by atoms with E-state index in [0.717, 1.165) is 24.1 Å². The standard InChI is InChI=1S/C21H24N2O2/c1-15-6-3-4-7-19(15)16(2)22-21(25)18-11-9-17(10-12-18)14-23-13-5-8-20(23)24/h3-4,6-7,9-12,16H,5,8,13-14H2,1-2H3,(H,22,25)/t16-/m0/s1. The molecule has 3 rings (SSSR count). The van der Waals surface area contributed by atoms with Crippen molar-refractivity contribution in [1.29, 1.82) is 0 Å². The van der Waals surface area contributed by atoms with E-state index in [4.69, 9.17) is 0 Å². The normalized spacial score (nSPS) is 15.3. The Hall–Kier alpha value is -2.62. The van der Waals surface area contributed by atoms with Gasteiger partial charge in [-0.3, -0.25) is 9.59 Å². The third-order valence-electron chi connectivity index (χ3n) is 4.76. The maximum absolute atomic E-state index is 12.5. The van der Waals surface area contributed by atoms with Gasteiger partial charge in [-0.2, -0.15) is 0 Å². The van der Waals surface area contributed by atoms with Crippen LogP contribution in [0.5, 0.6) is 0 Å². The highest BCUT2D eigenvalue weighted by atomic mass is 16.2. The molecule has 1 heterocycles. The van der Waals surface area contributed by atoms with Gasteiger partial charge in [0.15, 0.2) is 0 Å². The first-order chi connectivity index (χ1) is 12.0. The van der Waals surface area contributed by atoms with E-state index in [1.807, 2.05) is 67.3 Å². The second kappa shape index (κ2) is 7.51. The summed E-state index contributed by atoms with van der Waals surface area (Å²) < 4.78 is 0. The predicted octanol–water partition coefficient (Wildman–Crippen LogP) is 3.61. The lowest BCUT2D eigenvalue weighted by Gasteiger charge is -2.17. The van der Waals surface area contributed by atoms with Crippen LogP contribution < -0.4 is 5.32 Å². The number of rotatable bonds is 5. The lowest BCUT2D eigenvalue weighted by Crippen LogP contribution is -2.27. The van der Waals surface area contributed by atoms with Crippen molar-refractivity contribution in [3.63, 3.8) is 0 Å². The molecule has 2 aromatic rings. The molecule has 0 aromatic heterocycles. The van der Waals surface area contributed by atoms with Crippen LogP contribution in [0.15, 0.2) is 48.5 Å². The van der Waals surface area contributed by atoms with Crippen LogP contribution in [0, 0.1) is 6.92 Å². The van der Waals surface area contributed by atoms with Gasteiger partial charge >= 0.3 is 0 Å². The Morgan fingerprint density at radius 2 is 1.88 bits per heavy atom. The van der Waals surface area contributed by atoms with Crippen molar-refractivity contribution in [1.82, 2.24) is 10.2 Å². The highest BCUT2D eigenvalue weighted by Crippen LogP contribution is 2.18. The molecule has 0 saturated carbocycles. The van der Waals surface area contributed by atoms with Gasteiger partial charge in [0.05, 0.1) is 6.04 Å². The molecule has 0 radical (unpaired) electrons. The molecule has 2 aromatic carbocycles. The van der Waals surface area contributed by atoms with Crippen LogP contribution in [0.1, 0.15) is 52.9 Å². The van der Waals surface area contributed by atoms with E-state index < -0.39 is 0 Å². The molecule has 1 fully saturated rings. The quantitative estimate of drug-likeness (QED) is 0.907. The molecule has 25 heavy (non-hydrogen) atoms. The Morgan fingerprint density at radius 3 is 2.52 bits per heavy atom. The first kappa shape index (κ1) is 17.2. The smallest absolute Gasteiger partial charge is 0.251 e. The third kappa shape index (κ3) is 4.08. The van der Waals surface area contributed by atoms with Gasteiger partial charge in [-0.05, 0) is 49.1 Å². The van der Waals surface area contributed by atoms with Crippen LogP contribution >= 0.6 is 0 Å². The fourth-order valence-corrected chi connectivity index (χ4v) is 3.28. The SMILES string of the molecule is Cc1ccccc1[C@H](C)NC(=O)c1ccc(CN2CCCC2=O)cc1. The molecule has 4 heteroatoms. The molecule has 1 N–H and O–H groups in total. The summed E-state index contributed by atoms with van der Waals surface area (Å²) in [6.45, 7) is 5.50. The number of nitrogens with one attached hydrogen (secondary N) is 1. The molecule has 1 aliphatic rings. The summed E-state index contributed by atoms with van der Waals surface area (Å²) in [6, 6.07) is 15.5. The lowest BCUT2D eigenvalue weighted by atomic mass is 10.0. The maximum atomic E-state index is 12.5. The molecular formula is C21H24N2O2. The van der Waals surface area contributed by atoms with Gasteiger partial charge in [0, 0.05) is 25.1 Å². The van der Waals surface area contributed by atoms with E-state index in [-0.39, 0.29) is 17.9 Å². The van der Waals surface area contributed by atoms with Crippen molar-refractivity contribution in [2.75, 3.05) is 6.54 Å². The van der Waals surface area contributed by atoms with Crippen molar-refractivity contribution < 1.29 is 9.59 Å². The number of carbonyl (C=O) groups excluding carboxylic acids is 2. The largest absolute Gasteiger partial charge is 0.346 e. The van der Waals surface area contributed by atoms with Gasteiger partial charge in [-0.1, -0.05) is 36.4 Å². The highest BCUT2D eigenvalue weighted by Gasteiger charge is 2.20. The van der Waals surface area contributed by atoms with Gasteiger partial charge in [-0.15, -0.1) is 0 Å². The van der Waals surface area contributed by atoms with Crippen molar-refractivity contribution >= 4 is 11.8 Å². The number of benzene rings is 2. The Bertz CT molecular complexity index is 768. The van der Waals surface area contributed by atoms with Crippen molar-refractivity contribution in [2.24, 2.45) is 0 Å². The van der Waals surface area contributed by atoms with Crippen LogP contribution in [0.2, 0.25) is 0 Å². The van der Waals surface area contributed by atoms with Crippen LogP contribution in [0.4, 0.5) is 0 Å². The van der Waals surface area contributed by atoms with E-state index in [9.17, 15) is 9.59 Å². The lowest BCUT2D eigenvalue weighted by molar-refractivity contribution is -0.128. The zero-order valence-electron chi connectivity index (χ0n) is 14.8. The molecule has 0 spiro atoms. The summed E-state index contributed by atoms with van der Waals surface area (Å²) in [5, 5.41) is 3.05. The van der Waals surface area contributed by atoms with Gasteiger partial charge in [-0.25, -0.2) is 0 Å². The van der Waals surface area contributed by atoms with Gasteiger partial charge in [0.25, 0.3) is 5.91 Å². The number of carbonyl (C=O) groups is 2. The second-order valence-electron chi connectivity index (χ2n) is 6.67. The maximum Gasteiger partial charge on any atom is 0.251 e. The Labute approximate surface area is 148 Å². The van der Waals surface area contributed by atoms with Crippen molar-refractivity contribution in [2.45, 2.75) is 39.3 Å². The minimum atomic E-state index is -0.0837. The van der Waals surface area contributed by atoms with Gasteiger partial charge < -0.3 is 10.2 Å². The number of aryl methyl sites for hydroxylation is 1. The summed E-state index contributed by atoms with van der Waals surface area (Å²) >= 11 is 0. The number of hydrogen-bond acceptors (Lipinski definition) is 2. The molecule has 4 nitrogen and oxygen atoms in total. The fourth-order valence-electron chi connectivity index (χ4n) is 3.28. The minimum absolute atomic E-state index is 0.0457. The molecule has 0 unspecified atom stereocenters. The highest BCUT2D eigenvalue weighted by molar-refractivity contribution is 5.94. The van der Waals surface area contributed by atoms with E-state index in [1.54, 1.807) is 0 Å². The fraction of sp³-hybridized carbons (Fsp3) is 0.333. The summed E-state index contributed by atoms with van der Waals surface area (Å²) in [7, 11) is 0. The summed E-state index contributed by atoms with van der Waals surface area (Å²) in [4.78, 5) is 26.0. The molecule has 1 atom stereocenters. The molecule has 0 aliphatic carbocycles. The molecule has 2 amide bonds. The van der Waals surface area contributed by atoms with E-state index in [1.165, 1.54) is 5.56 Å². The van der Waals surface area contributed by atoms with Gasteiger partial charge in [0.1, 0.15) is 0 Å². The van der Waals surface area contributed by atoms with Crippen molar-refractivity contribution in [3.05, 3.63) is 70.8 Å². The molecule has 1 aliphatic heterocycles. The first-order valence-electron chi connectivity index (χ1n) is 8.77. The number of amides is 2. The minimum Gasteiger partial charge on any atom is -0.346 e. The molecule has 0 bridgehead atoms. The third-order valence-corrected chi connectivity index (χ3v) is 4.76. The summed E-state index contributed by atoms with van der Waals surface area (Å²) in [5.74, 6) is 0.133. The van der Waals surface area contributed by atoms with Gasteiger partial charge in [0.2, 0.25) is 5.91 Å². The van der Waals surface area contributed by atoms with Crippen LogP contribution in [0.25, 0.3) is 0 Å². The molecular weight excluding hydrogens is 312 g/mol. The average Bonchev–Trinajstić information content (AvgIpc) is 3.00. The Balaban J connectivity index is 1.62.